The number of nitrogens with zero attached hydrogens (tertiary/aromatic N) is 5. The second-order valence-electron chi connectivity index (χ2n) is 8.63. The zero-order chi connectivity index (χ0) is 22.6. The van der Waals surface area contributed by atoms with Crippen LogP contribution >= 0.6 is 0 Å². The lowest BCUT2D eigenvalue weighted by atomic mass is 9.93. The van der Waals surface area contributed by atoms with Gasteiger partial charge in [-0.15, -0.1) is 0 Å². The fourth-order valence-electron chi connectivity index (χ4n) is 4.58. The van der Waals surface area contributed by atoms with Gasteiger partial charge in [-0.25, -0.2) is 4.98 Å². The molecule has 1 spiro atoms. The van der Waals surface area contributed by atoms with E-state index >= 15 is 0 Å². The van der Waals surface area contributed by atoms with E-state index in [9.17, 15) is 9.59 Å². The van der Waals surface area contributed by atoms with Crippen molar-refractivity contribution in [3.8, 4) is 11.5 Å². The molecule has 0 radical (unpaired) electrons. The highest BCUT2D eigenvalue weighted by Crippen LogP contribution is 2.37. The van der Waals surface area contributed by atoms with Crippen LogP contribution in [0.3, 0.4) is 0 Å². The molecule has 1 aromatic heterocycles. The van der Waals surface area contributed by atoms with Crippen molar-refractivity contribution in [1.29, 1.82) is 0 Å². The quantitative estimate of drug-likeness (QED) is 0.707. The van der Waals surface area contributed by atoms with Crippen molar-refractivity contribution in [1.82, 2.24) is 24.6 Å². The van der Waals surface area contributed by atoms with Crippen molar-refractivity contribution in [2.45, 2.75) is 57.7 Å². The Kier molecular flexibility index (Phi) is 6.62. The topological polar surface area (TPSA) is 89.8 Å². The summed E-state index contributed by atoms with van der Waals surface area (Å²) in [6.45, 7) is 4.63. The van der Waals surface area contributed by atoms with Crippen LogP contribution in [0.2, 0.25) is 0 Å². The van der Waals surface area contributed by atoms with Crippen LogP contribution in [-0.2, 0) is 22.7 Å². The van der Waals surface area contributed by atoms with Crippen LogP contribution in [0.1, 0.15) is 44.6 Å². The fraction of sp³-hybridized carbons (Fsp3) is 0.565. The predicted molar refractivity (Wildman–Crippen MR) is 117 cm³/mol. The van der Waals surface area contributed by atoms with E-state index in [1.165, 1.54) is 6.33 Å². The summed E-state index contributed by atoms with van der Waals surface area (Å²) in [5, 5.41) is 4.08. The van der Waals surface area contributed by atoms with Crippen molar-refractivity contribution < 1.29 is 19.1 Å². The first-order chi connectivity index (χ1) is 15.5. The second kappa shape index (κ2) is 9.58. The number of rotatable bonds is 5. The molecule has 0 aliphatic carbocycles. The molecule has 172 valence electrons. The van der Waals surface area contributed by atoms with Crippen molar-refractivity contribution >= 4 is 11.8 Å². The van der Waals surface area contributed by atoms with Gasteiger partial charge in [0.2, 0.25) is 11.8 Å². The lowest BCUT2D eigenvalue weighted by Gasteiger charge is -2.35. The number of amides is 2. The molecule has 2 aliphatic rings. The summed E-state index contributed by atoms with van der Waals surface area (Å²) in [5.41, 5.74) is 0.447. The maximum atomic E-state index is 12.8. The third kappa shape index (κ3) is 5.03. The van der Waals surface area contributed by atoms with E-state index in [1.54, 1.807) is 25.0 Å². The van der Waals surface area contributed by atoms with E-state index < -0.39 is 5.60 Å². The van der Waals surface area contributed by atoms with Gasteiger partial charge in [0.1, 0.15) is 29.8 Å². The number of aryl methyl sites for hydroxylation is 1. The number of benzene rings is 1. The molecule has 2 aromatic rings. The summed E-state index contributed by atoms with van der Waals surface area (Å²) >= 11 is 0. The van der Waals surface area contributed by atoms with Gasteiger partial charge in [0, 0.05) is 51.5 Å². The number of methoxy groups -OCH3 is 1. The molecule has 9 nitrogen and oxygen atoms in total. The van der Waals surface area contributed by atoms with Gasteiger partial charge in [0.05, 0.1) is 13.7 Å². The van der Waals surface area contributed by atoms with E-state index in [1.807, 2.05) is 28.0 Å². The Morgan fingerprint density at radius 1 is 1.22 bits per heavy atom. The smallest absolute Gasteiger partial charge is 0.222 e. The van der Waals surface area contributed by atoms with Crippen LogP contribution in [0.4, 0.5) is 0 Å². The Morgan fingerprint density at radius 2 is 2.09 bits per heavy atom. The minimum atomic E-state index is -0.499. The lowest BCUT2D eigenvalue weighted by Crippen LogP contribution is -2.47. The van der Waals surface area contributed by atoms with Gasteiger partial charge in [-0.3, -0.25) is 14.3 Å². The number of fused-ring (bicyclic) bond motifs is 1. The molecule has 0 saturated carbocycles. The maximum Gasteiger partial charge on any atom is 0.222 e. The Morgan fingerprint density at radius 3 is 2.84 bits per heavy atom. The molecular weight excluding hydrogens is 410 g/mol. The van der Waals surface area contributed by atoms with E-state index in [0.29, 0.717) is 45.6 Å². The number of aromatic nitrogens is 3. The van der Waals surface area contributed by atoms with E-state index in [2.05, 4.69) is 10.1 Å². The summed E-state index contributed by atoms with van der Waals surface area (Å²) in [7, 11) is 1.63. The Labute approximate surface area is 188 Å². The average Bonchev–Trinajstić information content (AvgIpc) is 3.13. The summed E-state index contributed by atoms with van der Waals surface area (Å²) in [6.07, 6.45) is 6.71. The maximum absolute atomic E-state index is 12.8. The molecule has 9 heteroatoms. The molecule has 32 heavy (non-hydrogen) atoms. The van der Waals surface area contributed by atoms with Gasteiger partial charge < -0.3 is 19.3 Å². The van der Waals surface area contributed by atoms with Gasteiger partial charge in [-0.2, -0.15) is 5.10 Å². The van der Waals surface area contributed by atoms with Gasteiger partial charge in [-0.1, -0.05) is 0 Å². The molecule has 0 bridgehead atoms. The van der Waals surface area contributed by atoms with E-state index in [-0.39, 0.29) is 11.8 Å². The molecule has 4 rings (SSSR count). The number of ether oxygens (including phenoxy) is 2. The first-order valence-electron chi connectivity index (χ1n) is 11.2. The molecule has 2 aliphatic heterocycles. The third-order valence-corrected chi connectivity index (χ3v) is 6.37. The largest absolute Gasteiger partial charge is 0.497 e. The highest BCUT2D eigenvalue weighted by Gasteiger charge is 2.40. The van der Waals surface area contributed by atoms with Crippen LogP contribution in [0.5, 0.6) is 11.5 Å². The highest BCUT2D eigenvalue weighted by atomic mass is 16.5. The SMILES string of the molecule is COc1ccc2c(c1)CN(C(C)=O)C[C@@]1(CCCN(C(=O)CCCn3cncn3)CC1)O2. The summed E-state index contributed by atoms with van der Waals surface area (Å²) in [5.74, 6) is 1.72. The predicted octanol–water partition coefficient (Wildman–Crippen LogP) is 2.26. The minimum absolute atomic E-state index is 0.0222. The second-order valence-corrected chi connectivity index (χ2v) is 8.63. The van der Waals surface area contributed by atoms with Crippen molar-refractivity contribution in [3.63, 3.8) is 0 Å². The number of carbonyl (C=O) groups excluding carboxylic acids is 2. The van der Waals surface area contributed by atoms with Gasteiger partial charge in [-0.05, 0) is 37.5 Å². The summed E-state index contributed by atoms with van der Waals surface area (Å²) in [6, 6.07) is 5.75. The van der Waals surface area contributed by atoms with Gasteiger partial charge in [0.25, 0.3) is 0 Å². The normalized spacial score (nSPS) is 20.8. The molecule has 0 N–H and O–H groups in total. The Bertz CT molecular complexity index is 948. The van der Waals surface area contributed by atoms with Crippen molar-refractivity contribution in [3.05, 3.63) is 36.4 Å². The van der Waals surface area contributed by atoms with Crippen molar-refractivity contribution in [2.24, 2.45) is 0 Å². The summed E-state index contributed by atoms with van der Waals surface area (Å²) in [4.78, 5) is 32.9. The number of carbonyl (C=O) groups is 2. The number of hydrogen-bond donors (Lipinski definition) is 0. The number of hydrogen-bond acceptors (Lipinski definition) is 6. The van der Waals surface area contributed by atoms with Gasteiger partial charge in [0.15, 0.2) is 0 Å². The molecule has 1 saturated heterocycles. The van der Waals surface area contributed by atoms with Crippen LogP contribution in [0.25, 0.3) is 0 Å². The Hall–Kier alpha value is -3.10. The van der Waals surface area contributed by atoms with Crippen molar-refractivity contribution in [2.75, 3.05) is 26.7 Å². The third-order valence-electron chi connectivity index (χ3n) is 6.37. The molecule has 1 atom stereocenters. The molecule has 1 aromatic carbocycles. The minimum Gasteiger partial charge on any atom is -0.497 e. The van der Waals surface area contributed by atoms with Crippen LogP contribution in [-0.4, -0.2) is 68.7 Å². The lowest BCUT2D eigenvalue weighted by molar-refractivity contribution is -0.133. The molecule has 0 unspecified atom stereocenters. The first-order valence-corrected chi connectivity index (χ1v) is 11.2. The number of likely N-dealkylation sites (tertiary alicyclic amines) is 1. The van der Waals surface area contributed by atoms with Crippen LogP contribution < -0.4 is 9.47 Å². The monoisotopic (exact) mass is 441 g/mol. The first kappa shape index (κ1) is 22.1. The van der Waals surface area contributed by atoms with Gasteiger partial charge >= 0.3 is 0 Å². The fourth-order valence-corrected chi connectivity index (χ4v) is 4.58. The van der Waals surface area contributed by atoms with Crippen LogP contribution in [0.15, 0.2) is 30.9 Å². The molecule has 2 amide bonds. The average molecular weight is 442 g/mol. The highest BCUT2D eigenvalue weighted by molar-refractivity contribution is 5.76. The molecule has 3 heterocycles. The molecule has 1 fully saturated rings. The standard InChI is InChI=1S/C23H31N5O4/c1-18(29)27-14-19-13-20(31-2)6-7-21(19)32-23(15-27)8-4-10-26(12-9-23)22(30)5-3-11-28-17-24-16-25-28/h6-7,13,16-17H,3-5,8-12,14-15H2,1-2H3/t23-/m0/s1. The zero-order valence-electron chi connectivity index (χ0n) is 18.8. The summed E-state index contributed by atoms with van der Waals surface area (Å²) < 4.78 is 13.7. The van der Waals surface area contributed by atoms with E-state index in [4.69, 9.17) is 9.47 Å². The zero-order valence-corrected chi connectivity index (χ0v) is 18.8. The molecular formula is C23H31N5O4. The van der Waals surface area contributed by atoms with Crippen LogP contribution in [0, 0.1) is 0 Å². The Balaban J connectivity index is 1.44. The van der Waals surface area contributed by atoms with E-state index in [0.717, 1.165) is 36.3 Å².